The van der Waals surface area contributed by atoms with Gasteiger partial charge in [0.25, 0.3) is 0 Å². The molecule has 1 heterocycles. The summed E-state index contributed by atoms with van der Waals surface area (Å²) < 4.78 is 6.34. The Morgan fingerprint density at radius 3 is 3.00 bits per heavy atom. The largest absolute Gasteiger partial charge is 0.492 e. The van der Waals surface area contributed by atoms with E-state index in [0.29, 0.717) is 6.61 Å². The van der Waals surface area contributed by atoms with Crippen LogP contribution in [0.5, 0.6) is 5.75 Å². The number of pyridine rings is 1. The summed E-state index contributed by atoms with van der Waals surface area (Å²) in [6, 6.07) is 7.78. The van der Waals surface area contributed by atoms with Crippen LogP contribution in [0.4, 0.5) is 0 Å². The van der Waals surface area contributed by atoms with E-state index in [-0.39, 0.29) is 0 Å². The molecule has 0 saturated carbocycles. The first-order valence-corrected chi connectivity index (χ1v) is 4.97. The highest BCUT2D eigenvalue weighted by atomic mass is 32.1. The molecule has 1 N–H and O–H groups in total. The van der Waals surface area contributed by atoms with Crippen molar-refractivity contribution in [1.29, 1.82) is 0 Å². The van der Waals surface area contributed by atoms with Gasteiger partial charge in [0, 0.05) is 16.1 Å². The average Bonchev–Trinajstić information content (AvgIpc) is 2.20. The normalized spacial score (nSPS) is 10.4. The van der Waals surface area contributed by atoms with Crippen LogP contribution in [0.25, 0.3) is 10.9 Å². The Bertz CT molecular complexity index is 504. The number of hydrogen-bond donors (Lipinski definition) is 1. The van der Waals surface area contributed by atoms with Crippen molar-refractivity contribution in [3.63, 3.8) is 0 Å². The zero-order valence-electron chi connectivity index (χ0n) is 7.91. The van der Waals surface area contributed by atoms with Crippen LogP contribution >= 0.6 is 12.2 Å². The van der Waals surface area contributed by atoms with Crippen LogP contribution in [-0.4, -0.2) is 11.6 Å². The molecular weight excluding hydrogens is 194 g/mol. The highest BCUT2D eigenvalue weighted by Crippen LogP contribution is 2.23. The maximum atomic E-state index is 5.50. The van der Waals surface area contributed by atoms with Gasteiger partial charge in [0.15, 0.2) is 0 Å². The zero-order chi connectivity index (χ0) is 9.97. The minimum Gasteiger partial charge on any atom is -0.492 e. The number of aromatic nitrogens is 1. The summed E-state index contributed by atoms with van der Waals surface area (Å²) in [5, 5.41) is 1.04. The third-order valence-electron chi connectivity index (χ3n) is 2.05. The molecule has 0 aliphatic heterocycles. The maximum absolute atomic E-state index is 5.50. The monoisotopic (exact) mass is 205 g/mol. The van der Waals surface area contributed by atoms with E-state index in [4.69, 9.17) is 17.0 Å². The number of H-pyrrole nitrogens is 1. The number of hydrogen-bond acceptors (Lipinski definition) is 2. The Labute approximate surface area is 87.5 Å². The van der Waals surface area contributed by atoms with Crippen LogP contribution in [0.1, 0.15) is 6.92 Å². The molecule has 2 aromatic rings. The van der Waals surface area contributed by atoms with Crippen LogP contribution in [0.3, 0.4) is 0 Å². The minimum atomic E-state index is 0.661. The van der Waals surface area contributed by atoms with Crippen LogP contribution < -0.4 is 4.74 Å². The molecule has 0 spiro atoms. The summed E-state index contributed by atoms with van der Waals surface area (Å²) in [6.07, 6.45) is 1.84. The summed E-state index contributed by atoms with van der Waals surface area (Å²) in [5.41, 5.74) is 0.974. The Morgan fingerprint density at radius 1 is 1.36 bits per heavy atom. The molecule has 0 amide bonds. The molecule has 0 aliphatic carbocycles. The molecule has 72 valence electrons. The molecule has 2 rings (SSSR count). The molecule has 0 aliphatic rings. The third kappa shape index (κ3) is 1.51. The van der Waals surface area contributed by atoms with Crippen molar-refractivity contribution >= 4 is 23.1 Å². The van der Waals surface area contributed by atoms with Crippen LogP contribution in [0.2, 0.25) is 0 Å². The molecule has 14 heavy (non-hydrogen) atoms. The molecule has 0 atom stereocenters. The van der Waals surface area contributed by atoms with Gasteiger partial charge in [-0.15, -0.1) is 0 Å². The van der Waals surface area contributed by atoms with Gasteiger partial charge in [-0.1, -0.05) is 24.4 Å². The lowest BCUT2D eigenvalue weighted by molar-refractivity contribution is 0.343. The van der Waals surface area contributed by atoms with Gasteiger partial charge >= 0.3 is 0 Å². The first-order chi connectivity index (χ1) is 6.83. The summed E-state index contributed by atoms with van der Waals surface area (Å²) in [5.74, 6) is 0.858. The fourth-order valence-electron chi connectivity index (χ4n) is 1.45. The fraction of sp³-hybridized carbons (Fsp3) is 0.182. The van der Waals surface area contributed by atoms with E-state index in [1.807, 2.05) is 37.4 Å². The predicted octanol–water partition coefficient (Wildman–Crippen LogP) is 3.30. The number of nitrogens with one attached hydrogen (secondary N) is 1. The highest BCUT2D eigenvalue weighted by Gasteiger charge is 2.01. The highest BCUT2D eigenvalue weighted by molar-refractivity contribution is 7.71. The Hall–Kier alpha value is -1.35. The average molecular weight is 205 g/mol. The van der Waals surface area contributed by atoms with Gasteiger partial charge in [-0.25, -0.2) is 0 Å². The number of ether oxygens (including phenoxy) is 1. The number of fused-ring (bicyclic) bond motifs is 1. The van der Waals surface area contributed by atoms with Crippen LogP contribution in [-0.2, 0) is 0 Å². The molecule has 0 unspecified atom stereocenters. The molecule has 1 aromatic heterocycles. The van der Waals surface area contributed by atoms with E-state index < -0.39 is 0 Å². The molecule has 0 fully saturated rings. The lowest BCUT2D eigenvalue weighted by Crippen LogP contribution is -1.93. The molecule has 2 nitrogen and oxygen atoms in total. The maximum Gasteiger partial charge on any atom is 0.143 e. The van der Waals surface area contributed by atoms with Crippen LogP contribution in [0.15, 0.2) is 30.5 Å². The quantitative estimate of drug-likeness (QED) is 0.761. The lowest BCUT2D eigenvalue weighted by atomic mass is 10.2. The number of benzene rings is 1. The second kappa shape index (κ2) is 3.80. The van der Waals surface area contributed by atoms with Gasteiger partial charge in [-0.2, -0.15) is 0 Å². The first kappa shape index (κ1) is 9.21. The van der Waals surface area contributed by atoms with E-state index in [1.54, 1.807) is 0 Å². The van der Waals surface area contributed by atoms with Crippen molar-refractivity contribution in [3.8, 4) is 5.75 Å². The summed E-state index contributed by atoms with van der Waals surface area (Å²) in [7, 11) is 0. The number of aromatic amines is 1. The van der Waals surface area contributed by atoms with E-state index in [2.05, 4.69) is 4.98 Å². The van der Waals surface area contributed by atoms with E-state index >= 15 is 0 Å². The Kier molecular flexibility index (Phi) is 2.50. The van der Waals surface area contributed by atoms with Gasteiger partial charge in [0.1, 0.15) is 5.75 Å². The minimum absolute atomic E-state index is 0.661. The molecule has 3 heteroatoms. The number of rotatable bonds is 2. The molecule has 0 saturated heterocycles. The number of para-hydroxylation sites is 1. The zero-order valence-corrected chi connectivity index (χ0v) is 8.73. The second-order valence-electron chi connectivity index (χ2n) is 2.95. The fourth-order valence-corrected chi connectivity index (χ4v) is 1.69. The van der Waals surface area contributed by atoms with Gasteiger partial charge in [0.05, 0.1) is 12.1 Å². The smallest absolute Gasteiger partial charge is 0.143 e. The van der Waals surface area contributed by atoms with E-state index in [0.717, 1.165) is 21.2 Å². The van der Waals surface area contributed by atoms with Crippen molar-refractivity contribution < 1.29 is 4.74 Å². The molecular formula is C11H11NOS. The summed E-state index contributed by atoms with van der Waals surface area (Å²) in [6.45, 7) is 2.63. The topological polar surface area (TPSA) is 25.0 Å². The van der Waals surface area contributed by atoms with Gasteiger partial charge in [-0.05, 0) is 19.1 Å². The van der Waals surface area contributed by atoms with Crippen molar-refractivity contribution in [1.82, 2.24) is 4.98 Å². The van der Waals surface area contributed by atoms with Gasteiger partial charge in [0.2, 0.25) is 0 Å². The third-order valence-corrected chi connectivity index (χ3v) is 2.41. The lowest BCUT2D eigenvalue weighted by Gasteiger charge is -2.06. The van der Waals surface area contributed by atoms with E-state index in [9.17, 15) is 0 Å². The standard InChI is InChI=1S/C11H11NOS/c1-2-13-9-5-3-4-8-10(14)6-7-12-11(8)9/h3-7H,2H2,1H3,(H,12,14). The first-order valence-electron chi connectivity index (χ1n) is 4.56. The Balaban J connectivity index is 2.75. The van der Waals surface area contributed by atoms with Crippen molar-refractivity contribution in [3.05, 3.63) is 35.0 Å². The molecule has 0 radical (unpaired) electrons. The van der Waals surface area contributed by atoms with Crippen molar-refractivity contribution in [2.75, 3.05) is 6.61 Å². The van der Waals surface area contributed by atoms with Crippen LogP contribution in [0, 0.1) is 4.51 Å². The summed E-state index contributed by atoms with van der Waals surface area (Å²) in [4.78, 5) is 3.15. The predicted molar refractivity (Wildman–Crippen MR) is 60.3 cm³/mol. The summed E-state index contributed by atoms with van der Waals surface area (Å²) >= 11 is 5.22. The van der Waals surface area contributed by atoms with Gasteiger partial charge < -0.3 is 9.72 Å². The van der Waals surface area contributed by atoms with E-state index in [1.165, 1.54) is 0 Å². The molecule has 1 aromatic carbocycles. The van der Waals surface area contributed by atoms with Gasteiger partial charge in [-0.3, -0.25) is 0 Å². The second-order valence-corrected chi connectivity index (χ2v) is 3.39. The molecule has 0 bridgehead atoms. The SMILES string of the molecule is CCOc1cccc2c(=S)cc[nH]c12. The van der Waals surface area contributed by atoms with Crippen molar-refractivity contribution in [2.24, 2.45) is 0 Å². The van der Waals surface area contributed by atoms with Crippen molar-refractivity contribution in [2.45, 2.75) is 6.92 Å². The Morgan fingerprint density at radius 2 is 2.21 bits per heavy atom.